The molecule has 76 heavy (non-hydrogen) atoms. The summed E-state index contributed by atoms with van der Waals surface area (Å²) < 4.78 is 22.8. The zero-order valence-corrected chi connectivity index (χ0v) is 51.2. The fourth-order valence-corrected chi connectivity index (χ4v) is 9.87. The van der Waals surface area contributed by atoms with Crippen molar-refractivity contribution in [2.45, 2.75) is 341 Å². The van der Waals surface area contributed by atoms with E-state index in [0.29, 0.717) is 17.4 Å². The van der Waals surface area contributed by atoms with E-state index in [1.54, 1.807) is 0 Å². The molecule has 0 aromatic heterocycles. The van der Waals surface area contributed by atoms with Gasteiger partial charge in [0.25, 0.3) is 0 Å². The lowest BCUT2D eigenvalue weighted by atomic mass is 10.0. The van der Waals surface area contributed by atoms with Crippen LogP contribution in [0.2, 0.25) is 0 Å². The van der Waals surface area contributed by atoms with Gasteiger partial charge in [-0.1, -0.05) is 295 Å². The lowest BCUT2D eigenvalue weighted by molar-refractivity contribution is -0.870. The molecule has 0 bridgehead atoms. The van der Waals surface area contributed by atoms with Crippen LogP contribution < -0.4 is 5.11 Å². The summed E-state index contributed by atoms with van der Waals surface area (Å²) in [4.78, 5) is 37.4. The molecule has 448 valence electrons. The van der Waals surface area contributed by atoms with Crippen molar-refractivity contribution < 1.29 is 42.9 Å². The smallest absolute Gasteiger partial charge is 0.306 e. The monoisotopic (exact) mass is 1070 g/mol. The first-order chi connectivity index (χ1) is 37.1. The average molecular weight is 1070 g/mol. The molecule has 0 aromatic carbocycles. The number of carbonyl (C=O) groups excluding carboxylic acids is 3. The van der Waals surface area contributed by atoms with Crippen LogP contribution >= 0.6 is 0 Å². The molecule has 0 saturated heterocycles. The minimum absolute atomic E-state index is 0.151. The third kappa shape index (κ3) is 59.4. The van der Waals surface area contributed by atoms with E-state index in [4.69, 9.17) is 18.9 Å². The number of carboxylic acid groups (broad SMARTS) is 1. The Labute approximate surface area is 471 Å². The Hall–Kier alpha value is -2.23. The summed E-state index contributed by atoms with van der Waals surface area (Å²) in [5, 5.41) is 11.8. The Kier molecular flexibility index (Phi) is 57.2. The van der Waals surface area contributed by atoms with Gasteiger partial charge in [0.15, 0.2) is 12.4 Å². The predicted octanol–water partition coefficient (Wildman–Crippen LogP) is 18.5. The summed E-state index contributed by atoms with van der Waals surface area (Å²) in [5.41, 5.74) is 0. The van der Waals surface area contributed by atoms with E-state index in [1.807, 2.05) is 21.1 Å². The number of hydrogen-bond acceptors (Lipinski definition) is 8. The molecule has 0 spiro atoms. The third-order valence-corrected chi connectivity index (χ3v) is 15.0. The Morgan fingerprint density at radius 2 is 0.711 bits per heavy atom. The summed E-state index contributed by atoms with van der Waals surface area (Å²) in [6, 6.07) is 0. The maximum Gasteiger partial charge on any atom is 0.306 e. The highest BCUT2D eigenvalue weighted by Crippen LogP contribution is 2.18. The molecular weight excluding hydrogens is 947 g/mol. The molecule has 0 aromatic rings. The number of aliphatic carboxylic acids is 1. The van der Waals surface area contributed by atoms with Crippen LogP contribution in [0, 0.1) is 0 Å². The molecule has 0 heterocycles. The van der Waals surface area contributed by atoms with Crippen LogP contribution in [-0.4, -0.2) is 82.3 Å². The Morgan fingerprint density at radius 1 is 0.395 bits per heavy atom. The second-order valence-corrected chi connectivity index (χ2v) is 23.8. The van der Waals surface area contributed by atoms with Gasteiger partial charge in [-0.3, -0.25) is 9.59 Å². The first kappa shape index (κ1) is 73.8. The zero-order valence-electron chi connectivity index (χ0n) is 51.2. The second-order valence-electron chi connectivity index (χ2n) is 23.8. The molecule has 9 nitrogen and oxygen atoms in total. The zero-order chi connectivity index (χ0) is 55.5. The average Bonchev–Trinajstić information content (AvgIpc) is 3.39. The van der Waals surface area contributed by atoms with Gasteiger partial charge in [0, 0.05) is 12.8 Å². The number of likely N-dealkylation sites (N-methyl/N-ethyl adjacent to an activating group) is 1. The van der Waals surface area contributed by atoms with E-state index < -0.39 is 24.3 Å². The molecule has 2 atom stereocenters. The molecule has 0 aliphatic carbocycles. The molecule has 0 radical (unpaired) electrons. The van der Waals surface area contributed by atoms with Crippen molar-refractivity contribution in [3.05, 3.63) is 24.3 Å². The quantitative estimate of drug-likeness (QED) is 0.0195. The number of hydrogen-bond donors (Lipinski definition) is 0. The van der Waals surface area contributed by atoms with Crippen molar-refractivity contribution in [1.82, 2.24) is 0 Å². The van der Waals surface area contributed by atoms with Gasteiger partial charge in [0.05, 0.1) is 40.3 Å². The molecule has 2 unspecified atom stereocenters. The highest BCUT2D eigenvalue weighted by atomic mass is 16.7. The maximum absolute atomic E-state index is 12.9. The fraction of sp³-hybridized carbons (Fsp3) is 0.896. The number of quaternary nitrogens is 1. The van der Waals surface area contributed by atoms with Gasteiger partial charge in [-0.15, -0.1) is 0 Å². The standard InChI is InChI=1S/C67H127NO8/c1-6-8-10-12-14-16-18-20-22-24-26-28-30-32-33-34-36-38-40-42-44-46-48-50-52-54-56-58-65(70)76-63(62-75-67(66(71)72)73-60-59-68(3,4)5)61-74-64(69)57-55-53-51-49-47-45-43-41-39-37-35-31-29-27-25-23-21-19-17-15-13-11-9-7-2/h18,20,24,26,63,67H,6-17,19,21-23,25,27-62H2,1-5H3/b20-18-,26-24-. The SMILES string of the molecule is CCCCCCC/C=C\C/C=C\CCCCCCCCCCCCCCCCCC(=O)OC(COC(=O)CCCCCCCCCCCCCCCCCCCCCCCCCC)COC(OCC[N+](C)(C)C)C(=O)[O-]. The first-order valence-corrected chi connectivity index (χ1v) is 33.0. The van der Waals surface area contributed by atoms with E-state index >= 15 is 0 Å². The molecule has 9 heteroatoms. The van der Waals surface area contributed by atoms with E-state index in [0.717, 1.165) is 44.9 Å². The van der Waals surface area contributed by atoms with Crippen LogP contribution in [0.1, 0.15) is 328 Å². The fourth-order valence-electron chi connectivity index (χ4n) is 9.87. The van der Waals surface area contributed by atoms with Gasteiger partial charge in [-0.2, -0.15) is 0 Å². The number of ether oxygens (including phenoxy) is 4. The molecule has 0 aliphatic rings. The summed E-state index contributed by atoms with van der Waals surface area (Å²) in [7, 11) is 5.94. The number of carboxylic acids is 1. The first-order valence-electron chi connectivity index (χ1n) is 33.0. The molecule has 0 amide bonds. The Morgan fingerprint density at radius 3 is 1.04 bits per heavy atom. The third-order valence-electron chi connectivity index (χ3n) is 15.0. The molecule has 0 rings (SSSR count). The van der Waals surface area contributed by atoms with Crippen LogP contribution in [0.5, 0.6) is 0 Å². The molecule has 0 N–H and O–H groups in total. The number of unbranched alkanes of at least 4 members (excludes halogenated alkanes) is 43. The van der Waals surface area contributed by atoms with Crippen molar-refractivity contribution in [3.8, 4) is 0 Å². The summed E-state index contributed by atoms with van der Waals surface area (Å²) in [6.07, 6.45) is 68.2. The van der Waals surface area contributed by atoms with Gasteiger partial charge in [0.2, 0.25) is 0 Å². The minimum atomic E-state index is -1.62. The summed E-state index contributed by atoms with van der Waals surface area (Å²) >= 11 is 0. The van der Waals surface area contributed by atoms with Crippen molar-refractivity contribution in [1.29, 1.82) is 0 Å². The summed E-state index contributed by atoms with van der Waals surface area (Å²) in [5.74, 6) is -2.25. The van der Waals surface area contributed by atoms with Crippen molar-refractivity contribution >= 4 is 17.9 Å². The highest BCUT2D eigenvalue weighted by molar-refractivity contribution is 5.70. The van der Waals surface area contributed by atoms with E-state index in [-0.39, 0.29) is 32.2 Å². The Bertz CT molecular complexity index is 1300. The van der Waals surface area contributed by atoms with Crippen molar-refractivity contribution in [3.63, 3.8) is 0 Å². The van der Waals surface area contributed by atoms with Gasteiger partial charge in [0.1, 0.15) is 13.2 Å². The number of rotatable bonds is 62. The number of esters is 2. The molecule has 0 aliphatic heterocycles. The largest absolute Gasteiger partial charge is 0.545 e. The van der Waals surface area contributed by atoms with Crippen LogP contribution in [0.3, 0.4) is 0 Å². The van der Waals surface area contributed by atoms with Gasteiger partial charge in [-0.25, -0.2) is 0 Å². The van der Waals surface area contributed by atoms with E-state index in [2.05, 4.69) is 38.2 Å². The van der Waals surface area contributed by atoms with Crippen LogP contribution in [0.4, 0.5) is 0 Å². The summed E-state index contributed by atoms with van der Waals surface area (Å²) in [6.45, 7) is 4.81. The molecule has 0 saturated carbocycles. The van der Waals surface area contributed by atoms with Crippen LogP contribution in [0.15, 0.2) is 24.3 Å². The van der Waals surface area contributed by atoms with Gasteiger partial charge >= 0.3 is 11.9 Å². The normalized spacial score (nSPS) is 12.8. The van der Waals surface area contributed by atoms with Crippen LogP contribution in [-0.2, 0) is 33.3 Å². The highest BCUT2D eigenvalue weighted by Gasteiger charge is 2.22. The van der Waals surface area contributed by atoms with E-state index in [1.165, 1.54) is 257 Å². The number of nitrogens with zero attached hydrogens (tertiary/aromatic N) is 1. The second kappa shape index (κ2) is 58.9. The number of allylic oxidation sites excluding steroid dienone is 4. The van der Waals surface area contributed by atoms with E-state index in [9.17, 15) is 19.5 Å². The lowest BCUT2D eigenvalue weighted by Gasteiger charge is -2.26. The molecule has 0 fully saturated rings. The van der Waals surface area contributed by atoms with Crippen LogP contribution in [0.25, 0.3) is 0 Å². The predicted molar refractivity (Wildman–Crippen MR) is 320 cm³/mol. The topological polar surface area (TPSA) is 111 Å². The van der Waals surface area contributed by atoms with Gasteiger partial charge < -0.3 is 33.3 Å². The lowest BCUT2D eigenvalue weighted by Crippen LogP contribution is -2.44. The molecular formula is C67H127NO8. The van der Waals surface area contributed by atoms with Crippen molar-refractivity contribution in [2.24, 2.45) is 0 Å². The van der Waals surface area contributed by atoms with Crippen molar-refractivity contribution in [2.75, 3.05) is 47.5 Å². The number of carbonyl (C=O) groups is 3. The minimum Gasteiger partial charge on any atom is -0.545 e. The Balaban J connectivity index is 4.12. The van der Waals surface area contributed by atoms with Gasteiger partial charge in [-0.05, 0) is 44.9 Å². The maximum atomic E-state index is 12.9.